The van der Waals surface area contributed by atoms with Gasteiger partial charge in [0, 0.05) is 36.9 Å². The molecule has 0 spiro atoms. The second kappa shape index (κ2) is 12.7. The average Bonchev–Trinajstić information content (AvgIpc) is 3.14. The van der Waals surface area contributed by atoms with Gasteiger partial charge in [-0.05, 0) is 13.0 Å². The van der Waals surface area contributed by atoms with Crippen molar-refractivity contribution in [3.8, 4) is 0 Å². The van der Waals surface area contributed by atoms with E-state index < -0.39 is 89.9 Å². The number of hydrogen-bond acceptors (Lipinski definition) is 13. The van der Waals surface area contributed by atoms with Crippen LogP contribution in [0.5, 0.6) is 0 Å². The molecular formula is C23H31N5O12S. The van der Waals surface area contributed by atoms with Gasteiger partial charge in [0.1, 0.15) is 36.6 Å². The number of carbonyl (C=O) groups is 3. The number of aromatic amines is 1. The Morgan fingerprint density at radius 1 is 1.22 bits per heavy atom. The maximum Gasteiger partial charge on any atom is 0.330 e. The second-order valence-corrected chi connectivity index (χ2v) is 10.7. The SMILES string of the molecule is COC1C(O)C(n2ccc(=O)[nH]c2=O)OC1C(OC1OC(C(=O)NC2CSCC(C)NC2=O)=CC(O)C1O)C(N)=O. The van der Waals surface area contributed by atoms with Crippen LogP contribution in [0.4, 0.5) is 0 Å². The van der Waals surface area contributed by atoms with Crippen LogP contribution < -0.4 is 27.6 Å². The molecule has 10 unspecified atom stereocenters. The summed E-state index contributed by atoms with van der Waals surface area (Å²) in [5.41, 5.74) is 3.92. The Hall–Kier alpha value is -3.26. The lowest BCUT2D eigenvalue weighted by Gasteiger charge is -2.35. The number of amides is 3. The standard InChI is InChI=1S/C23H31N5O12S/c1-8-6-41-7-9(19(34)25-8)26-20(35)11-5-10(29)13(31)22(38-11)40-17(18(24)33)16-15(37-2)14(32)21(39-16)28-4-3-12(30)27-23(28)36/h3-5,8-10,13-17,21-22,29,31-32H,6-7H2,1-2H3,(H2,24,33)(H,25,34)(H,26,35)(H,27,30,36). The number of hydrogen-bond donors (Lipinski definition) is 7. The monoisotopic (exact) mass is 601 g/mol. The zero-order valence-electron chi connectivity index (χ0n) is 21.9. The van der Waals surface area contributed by atoms with Gasteiger partial charge >= 0.3 is 5.69 Å². The number of H-pyrrole nitrogens is 1. The fourth-order valence-corrected chi connectivity index (χ4v) is 5.59. The molecule has 3 aliphatic heterocycles. The highest BCUT2D eigenvalue weighted by molar-refractivity contribution is 7.99. The number of nitrogens with zero attached hydrogens (tertiary/aromatic N) is 1. The van der Waals surface area contributed by atoms with Crippen LogP contribution >= 0.6 is 11.8 Å². The summed E-state index contributed by atoms with van der Waals surface area (Å²) in [6, 6.07) is 0.00146. The summed E-state index contributed by atoms with van der Waals surface area (Å²) in [7, 11) is 1.18. The van der Waals surface area contributed by atoms with Gasteiger partial charge in [-0.1, -0.05) is 0 Å². The van der Waals surface area contributed by atoms with Crippen LogP contribution in [0.15, 0.2) is 33.7 Å². The van der Waals surface area contributed by atoms with Gasteiger partial charge in [-0.3, -0.25) is 28.7 Å². The van der Waals surface area contributed by atoms with E-state index >= 15 is 0 Å². The molecule has 0 radical (unpaired) electrons. The maximum absolute atomic E-state index is 12.9. The Kier molecular flexibility index (Phi) is 9.52. The summed E-state index contributed by atoms with van der Waals surface area (Å²) in [5, 5.41) is 36.9. The van der Waals surface area contributed by atoms with Crippen LogP contribution in [0, 0.1) is 0 Å². The third-order valence-corrected chi connectivity index (χ3v) is 7.89. The molecule has 41 heavy (non-hydrogen) atoms. The molecule has 1 aromatic rings. The summed E-state index contributed by atoms with van der Waals surface area (Å²) < 4.78 is 22.9. The average molecular weight is 602 g/mol. The highest BCUT2D eigenvalue weighted by atomic mass is 32.2. The molecule has 226 valence electrons. The van der Waals surface area contributed by atoms with Crippen molar-refractivity contribution in [2.75, 3.05) is 18.6 Å². The van der Waals surface area contributed by atoms with Crippen molar-refractivity contribution in [1.82, 2.24) is 20.2 Å². The topological polar surface area (TPSA) is 254 Å². The number of rotatable bonds is 8. The molecule has 2 fully saturated rings. The van der Waals surface area contributed by atoms with Crippen LogP contribution in [-0.2, 0) is 33.3 Å². The van der Waals surface area contributed by atoms with Gasteiger partial charge in [-0.25, -0.2) is 4.79 Å². The maximum atomic E-state index is 12.9. The molecule has 0 aliphatic carbocycles. The van der Waals surface area contributed by atoms with Crippen LogP contribution in [0.3, 0.4) is 0 Å². The second-order valence-electron chi connectivity index (χ2n) is 9.63. The summed E-state index contributed by atoms with van der Waals surface area (Å²) in [6.45, 7) is 1.82. The summed E-state index contributed by atoms with van der Waals surface area (Å²) in [6.07, 6.45) is -11.0. The lowest BCUT2D eigenvalue weighted by atomic mass is 10.0. The predicted molar refractivity (Wildman–Crippen MR) is 138 cm³/mol. The van der Waals surface area contributed by atoms with Crippen molar-refractivity contribution in [1.29, 1.82) is 0 Å². The fourth-order valence-electron chi connectivity index (χ4n) is 4.55. The zero-order valence-corrected chi connectivity index (χ0v) is 22.7. The molecule has 4 heterocycles. The Balaban J connectivity index is 1.51. The first-order valence-electron chi connectivity index (χ1n) is 12.5. The molecule has 0 aromatic carbocycles. The van der Waals surface area contributed by atoms with Gasteiger partial charge in [-0.2, -0.15) is 11.8 Å². The van der Waals surface area contributed by atoms with Crippen LogP contribution in [-0.4, -0.2) is 116 Å². The van der Waals surface area contributed by atoms with Gasteiger partial charge < -0.3 is 50.6 Å². The summed E-state index contributed by atoms with van der Waals surface area (Å²) in [5.74, 6) is -2.04. The van der Waals surface area contributed by atoms with Gasteiger partial charge in [0.05, 0.1) is 0 Å². The van der Waals surface area contributed by atoms with Crippen molar-refractivity contribution in [2.24, 2.45) is 5.73 Å². The number of primary amides is 1. The highest BCUT2D eigenvalue weighted by Crippen LogP contribution is 2.34. The van der Waals surface area contributed by atoms with E-state index in [1.807, 2.05) is 11.9 Å². The van der Waals surface area contributed by atoms with E-state index in [0.29, 0.717) is 5.75 Å². The van der Waals surface area contributed by atoms with Gasteiger partial charge in [0.25, 0.3) is 11.5 Å². The van der Waals surface area contributed by atoms with E-state index in [0.717, 1.165) is 22.9 Å². The van der Waals surface area contributed by atoms with E-state index in [1.54, 1.807) is 0 Å². The molecule has 10 atom stereocenters. The minimum atomic E-state index is -1.85. The first-order chi connectivity index (χ1) is 19.4. The Labute approximate surface area is 236 Å². The Morgan fingerprint density at radius 3 is 2.61 bits per heavy atom. The number of carbonyl (C=O) groups excluding carboxylic acids is 3. The number of thioether (sulfide) groups is 1. The predicted octanol–water partition coefficient (Wildman–Crippen LogP) is -4.62. The van der Waals surface area contributed by atoms with E-state index in [2.05, 4.69) is 10.6 Å². The number of nitrogens with two attached hydrogens (primary N) is 1. The van der Waals surface area contributed by atoms with Gasteiger partial charge in [-0.15, -0.1) is 0 Å². The first-order valence-corrected chi connectivity index (χ1v) is 13.6. The molecule has 17 nitrogen and oxygen atoms in total. The number of aliphatic hydroxyl groups is 3. The minimum Gasteiger partial charge on any atom is -0.456 e. The normalized spacial score (nSPS) is 34.5. The highest BCUT2D eigenvalue weighted by Gasteiger charge is 2.52. The number of aromatic nitrogens is 2. The van der Waals surface area contributed by atoms with Crippen molar-refractivity contribution in [2.45, 2.75) is 68.1 Å². The van der Waals surface area contributed by atoms with E-state index in [9.17, 15) is 39.3 Å². The third-order valence-electron chi connectivity index (χ3n) is 6.59. The molecule has 1 aromatic heterocycles. The van der Waals surface area contributed by atoms with Crippen LogP contribution in [0.2, 0.25) is 0 Å². The van der Waals surface area contributed by atoms with E-state index in [1.165, 1.54) is 18.9 Å². The molecule has 0 saturated carbocycles. The first kappa shape index (κ1) is 30.7. The summed E-state index contributed by atoms with van der Waals surface area (Å²) in [4.78, 5) is 63.5. The Bertz CT molecular complexity index is 1300. The van der Waals surface area contributed by atoms with Crippen molar-refractivity contribution in [3.05, 3.63) is 44.9 Å². The van der Waals surface area contributed by atoms with Gasteiger partial charge in [0.15, 0.2) is 18.1 Å². The molecular weight excluding hydrogens is 570 g/mol. The number of ether oxygens (including phenoxy) is 4. The lowest BCUT2D eigenvalue weighted by molar-refractivity contribution is -0.241. The number of nitrogens with one attached hydrogen (secondary N) is 3. The largest absolute Gasteiger partial charge is 0.456 e. The molecule has 2 saturated heterocycles. The minimum absolute atomic E-state index is 0.102. The lowest BCUT2D eigenvalue weighted by Crippen LogP contribution is -2.54. The van der Waals surface area contributed by atoms with Crippen LogP contribution in [0.1, 0.15) is 13.2 Å². The number of methoxy groups -OCH3 is 1. The quantitative estimate of drug-likeness (QED) is 0.148. The molecule has 3 aliphatic rings. The molecule has 0 bridgehead atoms. The Morgan fingerprint density at radius 2 is 1.95 bits per heavy atom. The fraction of sp³-hybridized carbons (Fsp3) is 0.609. The number of aliphatic hydroxyl groups excluding tert-OH is 3. The third kappa shape index (κ3) is 6.64. The molecule has 4 rings (SSSR count). The molecule has 8 N–H and O–H groups in total. The zero-order chi connectivity index (χ0) is 30.0. The van der Waals surface area contributed by atoms with Crippen molar-refractivity contribution >= 4 is 29.5 Å². The molecule has 3 amide bonds. The summed E-state index contributed by atoms with van der Waals surface area (Å²) >= 11 is 1.45. The van der Waals surface area contributed by atoms with Crippen LogP contribution in [0.25, 0.3) is 0 Å². The smallest absolute Gasteiger partial charge is 0.330 e. The van der Waals surface area contributed by atoms with E-state index in [-0.39, 0.29) is 11.8 Å². The van der Waals surface area contributed by atoms with E-state index in [4.69, 9.17) is 24.7 Å². The molecule has 18 heteroatoms. The van der Waals surface area contributed by atoms with Crippen molar-refractivity contribution in [3.63, 3.8) is 0 Å². The van der Waals surface area contributed by atoms with Gasteiger partial charge in [0.2, 0.25) is 18.1 Å². The van der Waals surface area contributed by atoms with Crippen molar-refractivity contribution < 1.29 is 48.7 Å².